The summed E-state index contributed by atoms with van der Waals surface area (Å²) in [5.41, 5.74) is 2.45. The van der Waals surface area contributed by atoms with E-state index in [4.69, 9.17) is 0 Å². The van der Waals surface area contributed by atoms with E-state index in [2.05, 4.69) is 66.6 Å². The smallest absolute Gasteiger partial charge is 0.0518 e. The minimum atomic E-state index is 0.264. The Kier molecular flexibility index (Phi) is 4.15. The van der Waals surface area contributed by atoms with Crippen LogP contribution in [0.1, 0.15) is 44.1 Å². The van der Waals surface area contributed by atoms with Crippen LogP contribution < -0.4 is 5.32 Å². The van der Waals surface area contributed by atoms with Crippen molar-refractivity contribution < 1.29 is 0 Å². The van der Waals surface area contributed by atoms with Crippen molar-refractivity contribution in [3.05, 3.63) is 53.9 Å². The Morgan fingerprint density at radius 1 is 1.06 bits per heavy atom. The van der Waals surface area contributed by atoms with Gasteiger partial charge >= 0.3 is 0 Å². The van der Waals surface area contributed by atoms with Crippen LogP contribution in [0.4, 0.5) is 0 Å². The number of hydrogen-bond donors (Lipinski definition) is 2. The van der Waals surface area contributed by atoms with E-state index in [9.17, 15) is 0 Å². The first-order valence-electron chi connectivity index (χ1n) is 6.48. The molecule has 0 spiro atoms. The molecule has 3 heteroatoms. The van der Waals surface area contributed by atoms with Crippen LogP contribution in [0.3, 0.4) is 0 Å². The van der Waals surface area contributed by atoms with Gasteiger partial charge in [0.15, 0.2) is 0 Å². The van der Waals surface area contributed by atoms with Crippen LogP contribution in [0, 0.1) is 5.92 Å². The molecule has 1 aromatic carbocycles. The van der Waals surface area contributed by atoms with Gasteiger partial charge in [-0.3, -0.25) is 5.10 Å². The Bertz CT molecular complexity index is 448. The van der Waals surface area contributed by atoms with E-state index in [1.807, 2.05) is 6.07 Å². The van der Waals surface area contributed by atoms with E-state index < -0.39 is 0 Å². The predicted octanol–water partition coefficient (Wildman–Crippen LogP) is 3.46. The summed E-state index contributed by atoms with van der Waals surface area (Å²) in [7, 11) is 0. The molecule has 1 aromatic heterocycles. The number of rotatable bonds is 5. The molecular weight excluding hydrogens is 222 g/mol. The maximum Gasteiger partial charge on any atom is 0.0518 e. The fourth-order valence-corrected chi connectivity index (χ4v) is 2.20. The first kappa shape index (κ1) is 12.8. The average molecular weight is 243 g/mol. The maximum atomic E-state index is 4.00. The summed E-state index contributed by atoms with van der Waals surface area (Å²) < 4.78 is 0. The molecule has 1 heterocycles. The zero-order valence-corrected chi connectivity index (χ0v) is 11.2. The molecule has 0 aliphatic rings. The second-order valence-electron chi connectivity index (χ2n) is 5.03. The number of aromatic nitrogens is 2. The largest absolute Gasteiger partial charge is 0.302 e. The third-order valence-electron chi connectivity index (χ3n) is 3.24. The molecule has 18 heavy (non-hydrogen) atoms. The van der Waals surface area contributed by atoms with Crippen molar-refractivity contribution in [1.29, 1.82) is 0 Å². The highest BCUT2D eigenvalue weighted by Gasteiger charge is 2.18. The van der Waals surface area contributed by atoms with Gasteiger partial charge in [0, 0.05) is 18.3 Å². The van der Waals surface area contributed by atoms with Crippen molar-refractivity contribution in [3.63, 3.8) is 0 Å². The van der Waals surface area contributed by atoms with Gasteiger partial charge in [-0.15, -0.1) is 0 Å². The standard InChI is InChI=1S/C15H21N3/c1-11(2)15(13-7-5-4-6-8-13)17-12(3)14-9-10-16-18-14/h4-12,15,17H,1-3H3,(H,16,18). The van der Waals surface area contributed by atoms with Gasteiger partial charge in [-0.1, -0.05) is 44.2 Å². The van der Waals surface area contributed by atoms with Gasteiger partial charge in [0.2, 0.25) is 0 Å². The van der Waals surface area contributed by atoms with Crippen LogP contribution in [-0.2, 0) is 0 Å². The molecule has 3 nitrogen and oxygen atoms in total. The molecule has 2 N–H and O–H groups in total. The molecule has 0 aliphatic heterocycles. The first-order valence-corrected chi connectivity index (χ1v) is 6.48. The van der Waals surface area contributed by atoms with Crippen LogP contribution in [-0.4, -0.2) is 10.2 Å². The lowest BCUT2D eigenvalue weighted by Gasteiger charge is -2.26. The molecule has 0 aliphatic carbocycles. The highest BCUT2D eigenvalue weighted by atomic mass is 15.1. The highest BCUT2D eigenvalue weighted by molar-refractivity contribution is 5.20. The Balaban J connectivity index is 2.12. The van der Waals surface area contributed by atoms with E-state index in [1.54, 1.807) is 6.20 Å². The summed E-state index contributed by atoms with van der Waals surface area (Å²) in [5, 5.41) is 10.7. The van der Waals surface area contributed by atoms with Gasteiger partial charge < -0.3 is 5.32 Å². The molecule has 0 saturated heterocycles. The summed E-state index contributed by atoms with van der Waals surface area (Å²) >= 11 is 0. The zero-order valence-electron chi connectivity index (χ0n) is 11.2. The van der Waals surface area contributed by atoms with E-state index in [-0.39, 0.29) is 6.04 Å². The van der Waals surface area contributed by atoms with Crippen molar-refractivity contribution >= 4 is 0 Å². The van der Waals surface area contributed by atoms with Crippen molar-refractivity contribution in [1.82, 2.24) is 15.5 Å². The minimum Gasteiger partial charge on any atom is -0.302 e. The van der Waals surface area contributed by atoms with Crippen molar-refractivity contribution in [2.75, 3.05) is 0 Å². The summed E-state index contributed by atoms with van der Waals surface area (Å²) in [4.78, 5) is 0. The third kappa shape index (κ3) is 2.99. The van der Waals surface area contributed by atoms with Crippen LogP contribution in [0.2, 0.25) is 0 Å². The lowest BCUT2D eigenvalue weighted by molar-refractivity contribution is 0.371. The highest BCUT2D eigenvalue weighted by Crippen LogP contribution is 2.24. The van der Waals surface area contributed by atoms with Crippen molar-refractivity contribution in [3.8, 4) is 0 Å². The number of aromatic amines is 1. The number of hydrogen-bond acceptors (Lipinski definition) is 2. The van der Waals surface area contributed by atoms with E-state index in [1.165, 1.54) is 5.56 Å². The molecule has 0 radical (unpaired) electrons. The van der Waals surface area contributed by atoms with E-state index >= 15 is 0 Å². The van der Waals surface area contributed by atoms with Gasteiger partial charge in [-0.2, -0.15) is 5.10 Å². The van der Waals surface area contributed by atoms with Gasteiger partial charge in [-0.25, -0.2) is 0 Å². The minimum absolute atomic E-state index is 0.264. The molecular formula is C15H21N3. The zero-order chi connectivity index (χ0) is 13.0. The van der Waals surface area contributed by atoms with Crippen LogP contribution in [0.5, 0.6) is 0 Å². The molecule has 0 bridgehead atoms. The average Bonchev–Trinajstić information content (AvgIpc) is 2.90. The second kappa shape index (κ2) is 5.83. The lowest BCUT2D eigenvalue weighted by atomic mass is 9.95. The van der Waals surface area contributed by atoms with Crippen LogP contribution in [0.15, 0.2) is 42.6 Å². The number of benzene rings is 1. The molecule has 96 valence electrons. The van der Waals surface area contributed by atoms with Crippen molar-refractivity contribution in [2.45, 2.75) is 32.9 Å². The van der Waals surface area contributed by atoms with Gasteiger partial charge in [0.1, 0.15) is 0 Å². The molecule has 0 saturated carbocycles. The van der Waals surface area contributed by atoms with Gasteiger partial charge in [0.25, 0.3) is 0 Å². The molecule has 2 aromatic rings. The summed E-state index contributed by atoms with van der Waals surface area (Å²) in [6.45, 7) is 6.64. The number of H-pyrrole nitrogens is 1. The fourth-order valence-electron chi connectivity index (χ4n) is 2.20. The van der Waals surface area contributed by atoms with Crippen LogP contribution in [0.25, 0.3) is 0 Å². The number of nitrogens with zero attached hydrogens (tertiary/aromatic N) is 1. The summed E-state index contributed by atoms with van der Waals surface area (Å²) in [5.74, 6) is 0.540. The second-order valence-corrected chi connectivity index (χ2v) is 5.03. The predicted molar refractivity (Wildman–Crippen MR) is 74.2 cm³/mol. The molecule has 2 rings (SSSR count). The van der Waals surface area contributed by atoms with Crippen LogP contribution >= 0.6 is 0 Å². The normalized spacial score (nSPS) is 14.7. The molecule has 2 unspecified atom stereocenters. The molecule has 0 fully saturated rings. The SMILES string of the molecule is CC(NC(c1ccccc1)C(C)C)c1ccn[nH]1. The van der Waals surface area contributed by atoms with Crippen molar-refractivity contribution in [2.24, 2.45) is 5.92 Å². The third-order valence-corrected chi connectivity index (χ3v) is 3.24. The fraction of sp³-hybridized carbons (Fsp3) is 0.400. The quantitative estimate of drug-likeness (QED) is 0.844. The maximum absolute atomic E-state index is 4.00. The summed E-state index contributed by atoms with van der Waals surface area (Å²) in [6.07, 6.45) is 1.79. The summed E-state index contributed by atoms with van der Waals surface area (Å²) in [6, 6.07) is 13.2. The lowest BCUT2D eigenvalue weighted by Crippen LogP contribution is -2.28. The first-order chi connectivity index (χ1) is 8.68. The molecule has 2 atom stereocenters. The Hall–Kier alpha value is -1.61. The number of nitrogens with one attached hydrogen (secondary N) is 2. The molecule has 0 amide bonds. The van der Waals surface area contributed by atoms with Gasteiger partial charge in [0.05, 0.1) is 5.69 Å². The Labute approximate surface area is 109 Å². The van der Waals surface area contributed by atoms with Gasteiger partial charge in [-0.05, 0) is 24.5 Å². The van der Waals surface area contributed by atoms with E-state index in [0.717, 1.165) is 5.69 Å². The Morgan fingerprint density at radius 3 is 2.33 bits per heavy atom. The van der Waals surface area contributed by atoms with E-state index in [0.29, 0.717) is 12.0 Å². The monoisotopic (exact) mass is 243 g/mol. The topological polar surface area (TPSA) is 40.7 Å². The Morgan fingerprint density at radius 2 is 1.78 bits per heavy atom.